The first kappa shape index (κ1) is 14.1. The average molecular weight is 397 g/mol. The lowest BCUT2D eigenvalue weighted by Gasteiger charge is -2.06. The van der Waals surface area contributed by atoms with E-state index in [2.05, 4.69) is 54.7 Å². The second-order valence-electron chi connectivity index (χ2n) is 2.55. The Labute approximate surface area is 109 Å². The Balaban J connectivity index is 4.19. The molecule has 1 atom stereocenters. The van der Waals surface area contributed by atoms with Gasteiger partial charge >= 0.3 is 0 Å². The fourth-order valence-electron chi connectivity index (χ4n) is 0.745. The molecule has 0 aromatic heterocycles. The monoisotopic (exact) mass is 394 g/mol. The van der Waals surface area contributed by atoms with E-state index in [0.29, 0.717) is 7.87 Å². The van der Waals surface area contributed by atoms with Crippen molar-refractivity contribution in [2.24, 2.45) is 0 Å². The maximum atomic E-state index is 11.5. The zero-order valence-corrected chi connectivity index (χ0v) is 12.6. The molecule has 76 valence electrons. The molecule has 0 fully saturated rings. The molecule has 0 aliphatic rings. The van der Waals surface area contributed by atoms with Crippen LogP contribution in [0.2, 0.25) is 0 Å². The molecule has 0 amide bonds. The van der Waals surface area contributed by atoms with Crippen LogP contribution in [0.15, 0.2) is 7.87 Å². The molecule has 5 heteroatoms. The van der Waals surface area contributed by atoms with Crippen LogP contribution in [-0.4, -0.2) is 11.2 Å². The maximum Gasteiger partial charge on any atom is 0.189 e. The minimum Gasteiger partial charge on any atom is -0.292 e. The highest BCUT2D eigenvalue weighted by molar-refractivity contribution is 9.29. The summed E-state index contributed by atoms with van der Waals surface area (Å²) < 4.78 is 1.07. The number of carbonyl (C=O) groups excluding carboxylic acids is 1. The van der Waals surface area contributed by atoms with Crippen molar-refractivity contribution in [1.29, 1.82) is 0 Å². The van der Waals surface area contributed by atoms with Crippen LogP contribution < -0.4 is 0 Å². The minimum atomic E-state index is -0.431. The van der Waals surface area contributed by atoms with Gasteiger partial charge in [-0.25, -0.2) is 0 Å². The van der Waals surface area contributed by atoms with Crippen LogP contribution in [0.25, 0.3) is 0 Å². The molecule has 0 spiro atoms. The molecule has 1 nitrogen and oxygen atoms in total. The van der Waals surface area contributed by atoms with E-state index in [1.165, 1.54) is 0 Å². The summed E-state index contributed by atoms with van der Waals surface area (Å²) in [5, 5.41) is -0.431. The third-order valence-electron chi connectivity index (χ3n) is 1.48. The Hall–Kier alpha value is 1.14. The number of ketones is 1. The molecule has 0 aliphatic carbocycles. The molecular formula is C8H10Br3ClO. The van der Waals surface area contributed by atoms with Crippen LogP contribution in [0.1, 0.15) is 26.2 Å². The van der Waals surface area contributed by atoms with Gasteiger partial charge in [-0.15, -0.1) is 11.6 Å². The molecule has 0 aromatic rings. The predicted molar refractivity (Wildman–Crippen MR) is 68.0 cm³/mol. The van der Waals surface area contributed by atoms with Crippen molar-refractivity contribution in [3.8, 4) is 0 Å². The molecule has 0 aliphatic heterocycles. The van der Waals surface area contributed by atoms with Crippen molar-refractivity contribution in [3.05, 3.63) is 7.87 Å². The van der Waals surface area contributed by atoms with Crippen molar-refractivity contribution in [3.63, 3.8) is 0 Å². The van der Waals surface area contributed by atoms with Gasteiger partial charge in [0.25, 0.3) is 0 Å². The molecule has 0 saturated carbocycles. The predicted octanol–water partition coefficient (Wildman–Crippen LogP) is 4.71. The Bertz CT molecular complexity index is 211. The minimum absolute atomic E-state index is 0.0844. The summed E-state index contributed by atoms with van der Waals surface area (Å²) in [6.45, 7) is 2.07. The first-order chi connectivity index (χ1) is 6.00. The van der Waals surface area contributed by atoms with E-state index in [1.807, 2.05) is 0 Å². The number of hydrogen-bond donors (Lipinski definition) is 0. The van der Waals surface area contributed by atoms with Crippen LogP contribution in [0.5, 0.6) is 0 Å². The summed E-state index contributed by atoms with van der Waals surface area (Å²) in [6.07, 6.45) is 2.74. The molecule has 0 heterocycles. The summed E-state index contributed by atoms with van der Waals surface area (Å²) in [5.41, 5.74) is 0. The summed E-state index contributed by atoms with van der Waals surface area (Å²) in [4.78, 5) is 11.5. The Morgan fingerprint density at radius 1 is 1.38 bits per heavy atom. The average Bonchev–Trinajstić information content (AvgIpc) is 2.11. The van der Waals surface area contributed by atoms with Gasteiger partial charge in [-0.05, 0) is 54.2 Å². The largest absolute Gasteiger partial charge is 0.292 e. The van der Waals surface area contributed by atoms with Crippen LogP contribution >= 0.6 is 59.4 Å². The fourth-order valence-corrected chi connectivity index (χ4v) is 1.81. The zero-order chi connectivity index (χ0) is 10.4. The first-order valence-electron chi connectivity index (χ1n) is 3.89. The normalized spacial score (nSPS) is 12.4. The van der Waals surface area contributed by atoms with Gasteiger partial charge < -0.3 is 0 Å². The van der Waals surface area contributed by atoms with E-state index >= 15 is 0 Å². The number of carbonyl (C=O) groups is 1. The van der Waals surface area contributed by atoms with Crippen molar-refractivity contribution in [2.75, 3.05) is 0 Å². The lowest BCUT2D eigenvalue weighted by Crippen LogP contribution is -2.14. The molecule has 13 heavy (non-hydrogen) atoms. The van der Waals surface area contributed by atoms with Crippen molar-refractivity contribution in [2.45, 2.75) is 31.6 Å². The maximum absolute atomic E-state index is 11.5. The smallest absolute Gasteiger partial charge is 0.189 e. The lowest BCUT2D eigenvalue weighted by atomic mass is 10.1. The van der Waals surface area contributed by atoms with Crippen molar-refractivity contribution in [1.82, 2.24) is 0 Å². The van der Waals surface area contributed by atoms with Gasteiger partial charge in [-0.2, -0.15) is 0 Å². The van der Waals surface area contributed by atoms with Crippen LogP contribution in [0.4, 0.5) is 0 Å². The topological polar surface area (TPSA) is 17.1 Å². The van der Waals surface area contributed by atoms with Gasteiger partial charge in [0.15, 0.2) is 5.78 Å². The van der Waals surface area contributed by atoms with E-state index < -0.39 is 5.38 Å². The standard InChI is InChI=1S/C8H10Br3ClO/c1-2-3-4-5(12)7(13)6(9)8(10)11/h5H,2-4H2,1H3/t5-/m1/s1. The van der Waals surface area contributed by atoms with E-state index in [4.69, 9.17) is 11.6 Å². The second kappa shape index (κ2) is 7.43. The van der Waals surface area contributed by atoms with Gasteiger partial charge in [-0.1, -0.05) is 19.8 Å². The molecule has 0 unspecified atom stereocenters. The van der Waals surface area contributed by atoms with Gasteiger partial charge in [0, 0.05) is 0 Å². The molecular weight excluding hydrogens is 387 g/mol. The second-order valence-corrected chi connectivity index (χ2v) is 6.52. The number of Topliss-reactive ketones (excluding diaryl/α,β-unsaturated/α-hetero) is 1. The number of unbranched alkanes of at least 4 members (excludes halogenated alkanes) is 1. The molecule has 0 N–H and O–H groups in total. The summed E-state index contributed by atoms with van der Waals surface area (Å²) in [7, 11) is 0. The molecule has 0 saturated heterocycles. The number of allylic oxidation sites excluding steroid dienone is 1. The SMILES string of the molecule is CCCC[C@@H](Cl)C(=O)C(Br)=C(Br)Br. The first-order valence-corrected chi connectivity index (χ1v) is 6.71. The number of alkyl halides is 1. The van der Waals surface area contributed by atoms with Gasteiger partial charge in [0.05, 0.1) is 13.3 Å². The highest BCUT2D eigenvalue weighted by atomic mass is 79.9. The highest BCUT2D eigenvalue weighted by Gasteiger charge is 2.19. The summed E-state index contributed by atoms with van der Waals surface area (Å²) in [6, 6.07) is 0. The molecule has 0 radical (unpaired) electrons. The summed E-state index contributed by atoms with van der Waals surface area (Å²) >= 11 is 15.3. The van der Waals surface area contributed by atoms with Crippen LogP contribution in [-0.2, 0) is 4.79 Å². The zero-order valence-electron chi connectivity index (χ0n) is 7.12. The van der Waals surface area contributed by atoms with Crippen molar-refractivity contribution >= 4 is 65.2 Å². The van der Waals surface area contributed by atoms with Crippen molar-refractivity contribution < 1.29 is 4.79 Å². The number of rotatable bonds is 5. The quantitative estimate of drug-likeness (QED) is 0.485. The Morgan fingerprint density at radius 3 is 2.31 bits per heavy atom. The fraction of sp³-hybridized carbons (Fsp3) is 0.625. The molecule has 0 rings (SSSR count). The Kier molecular flexibility index (Phi) is 8.09. The molecule has 0 aromatic carbocycles. The highest BCUT2D eigenvalue weighted by Crippen LogP contribution is 2.27. The lowest BCUT2D eigenvalue weighted by molar-refractivity contribution is -0.114. The van der Waals surface area contributed by atoms with E-state index in [9.17, 15) is 4.79 Å². The third kappa shape index (κ3) is 5.55. The van der Waals surface area contributed by atoms with Gasteiger partial charge in [-0.3, -0.25) is 4.79 Å². The van der Waals surface area contributed by atoms with Gasteiger partial charge in [0.2, 0.25) is 0 Å². The number of hydrogen-bond acceptors (Lipinski definition) is 1. The van der Waals surface area contributed by atoms with Crippen LogP contribution in [0, 0.1) is 0 Å². The van der Waals surface area contributed by atoms with E-state index in [-0.39, 0.29) is 5.78 Å². The van der Waals surface area contributed by atoms with E-state index in [0.717, 1.165) is 19.3 Å². The third-order valence-corrected chi connectivity index (χ3v) is 4.54. The van der Waals surface area contributed by atoms with Crippen LogP contribution in [0.3, 0.4) is 0 Å². The number of halogens is 4. The van der Waals surface area contributed by atoms with Gasteiger partial charge in [0.1, 0.15) is 0 Å². The molecule has 0 bridgehead atoms. The Morgan fingerprint density at radius 2 is 1.92 bits per heavy atom. The van der Waals surface area contributed by atoms with E-state index in [1.54, 1.807) is 0 Å². The summed E-state index contributed by atoms with van der Waals surface area (Å²) in [5.74, 6) is -0.0844.